The molecular formula is C16H24N2O2S. The second kappa shape index (κ2) is 6.79. The highest BCUT2D eigenvalue weighted by Crippen LogP contribution is 2.39. The Labute approximate surface area is 130 Å². The van der Waals surface area contributed by atoms with Gasteiger partial charge >= 0.3 is 6.03 Å². The van der Waals surface area contributed by atoms with Crippen LogP contribution in [0.25, 0.3) is 0 Å². The molecule has 2 heterocycles. The second-order valence-corrected chi connectivity index (χ2v) is 6.88. The van der Waals surface area contributed by atoms with Crippen molar-refractivity contribution >= 4 is 17.4 Å². The first kappa shape index (κ1) is 14.9. The van der Waals surface area contributed by atoms with Crippen LogP contribution in [0.4, 0.5) is 4.79 Å². The van der Waals surface area contributed by atoms with Crippen LogP contribution in [0.1, 0.15) is 44.1 Å². The molecule has 3 rings (SSSR count). The molecule has 21 heavy (non-hydrogen) atoms. The van der Waals surface area contributed by atoms with E-state index >= 15 is 0 Å². The minimum Gasteiger partial charge on any atom is -0.373 e. The molecule has 1 unspecified atom stereocenters. The van der Waals surface area contributed by atoms with E-state index in [9.17, 15) is 4.79 Å². The van der Waals surface area contributed by atoms with Crippen LogP contribution in [0, 0.1) is 0 Å². The summed E-state index contributed by atoms with van der Waals surface area (Å²) in [5.74, 6) is 0. The van der Waals surface area contributed by atoms with Crippen LogP contribution < -0.4 is 10.6 Å². The van der Waals surface area contributed by atoms with E-state index < -0.39 is 0 Å². The van der Waals surface area contributed by atoms with Crippen LogP contribution in [-0.2, 0) is 11.2 Å². The fourth-order valence-electron chi connectivity index (χ4n) is 3.55. The molecule has 1 aliphatic carbocycles. The van der Waals surface area contributed by atoms with Gasteiger partial charge in [0.05, 0.1) is 11.6 Å². The molecule has 2 fully saturated rings. The number of ether oxygens (including phenoxy) is 1. The Balaban J connectivity index is 1.45. The quantitative estimate of drug-likeness (QED) is 0.898. The molecule has 4 nitrogen and oxygen atoms in total. The summed E-state index contributed by atoms with van der Waals surface area (Å²) in [4.78, 5) is 12.1. The highest BCUT2D eigenvalue weighted by atomic mass is 32.1. The molecule has 2 amide bonds. The molecule has 1 atom stereocenters. The summed E-state index contributed by atoms with van der Waals surface area (Å²) in [6.07, 6.45) is 7.75. The molecule has 1 spiro atoms. The van der Waals surface area contributed by atoms with E-state index in [1.165, 1.54) is 24.8 Å². The number of carbonyl (C=O) groups excluding carboxylic acids is 1. The predicted molar refractivity (Wildman–Crippen MR) is 84.7 cm³/mol. The normalized spacial score (nSPS) is 24.1. The van der Waals surface area contributed by atoms with Crippen molar-refractivity contribution in [2.45, 2.75) is 56.6 Å². The van der Waals surface area contributed by atoms with Crippen LogP contribution in [0.15, 0.2) is 16.8 Å². The molecular weight excluding hydrogens is 284 g/mol. The third-order valence-corrected chi connectivity index (χ3v) is 5.45. The largest absolute Gasteiger partial charge is 0.373 e. The zero-order chi connectivity index (χ0) is 14.5. The van der Waals surface area contributed by atoms with Gasteiger partial charge in [0.15, 0.2) is 0 Å². The smallest absolute Gasteiger partial charge is 0.315 e. The first-order valence-electron chi connectivity index (χ1n) is 7.98. The Hall–Kier alpha value is -1.07. The van der Waals surface area contributed by atoms with Gasteiger partial charge in [0.1, 0.15) is 0 Å². The van der Waals surface area contributed by atoms with E-state index in [1.807, 2.05) is 0 Å². The van der Waals surface area contributed by atoms with E-state index in [1.54, 1.807) is 11.3 Å². The van der Waals surface area contributed by atoms with Gasteiger partial charge in [-0.25, -0.2) is 4.79 Å². The monoisotopic (exact) mass is 308 g/mol. The molecule has 1 aromatic heterocycles. The van der Waals surface area contributed by atoms with Crippen LogP contribution in [0.5, 0.6) is 0 Å². The van der Waals surface area contributed by atoms with Crippen molar-refractivity contribution in [3.8, 4) is 0 Å². The van der Waals surface area contributed by atoms with Crippen molar-refractivity contribution in [3.05, 3.63) is 22.4 Å². The zero-order valence-electron chi connectivity index (χ0n) is 12.4. The number of hydrogen-bond donors (Lipinski definition) is 2. The number of rotatable bonds is 4. The summed E-state index contributed by atoms with van der Waals surface area (Å²) in [5, 5.41) is 10.3. The number of thiophene rings is 1. The summed E-state index contributed by atoms with van der Waals surface area (Å²) in [7, 11) is 0. The molecule has 0 aromatic carbocycles. The van der Waals surface area contributed by atoms with Gasteiger partial charge in [-0.3, -0.25) is 0 Å². The van der Waals surface area contributed by atoms with Gasteiger partial charge < -0.3 is 15.4 Å². The van der Waals surface area contributed by atoms with Gasteiger partial charge in [0.25, 0.3) is 0 Å². The number of urea groups is 1. The minimum absolute atomic E-state index is 0.0503. The summed E-state index contributed by atoms with van der Waals surface area (Å²) in [6.45, 7) is 1.46. The second-order valence-electron chi connectivity index (χ2n) is 6.10. The average Bonchev–Trinajstić information content (AvgIpc) is 3.12. The lowest BCUT2D eigenvalue weighted by atomic mass is 9.80. The highest BCUT2D eigenvalue weighted by Gasteiger charge is 2.45. The maximum Gasteiger partial charge on any atom is 0.315 e. The minimum atomic E-state index is -0.0804. The fourth-order valence-corrected chi connectivity index (χ4v) is 4.26. The average molecular weight is 308 g/mol. The van der Waals surface area contributed by atoms with Gasteiger partial charge in [-0.1, -0.05) is 19.3 Å². The Morgan fingerprint density at radius 1 is 1.38 bits per heavy atom. The molecule has 2 aliphatic rings. The molecule has 116 valence electrons. The van der Waals surface area contributed by atoms with Crippen LogP contribution in [-0.4, -0.2) is 30.8 Å². The van der Waals surface area contributed by atoms with Crippen molar-refractivity contribution in [2.75, 3.05) is 13.2 Å². The van der Waals surface area contributed by atoms with Crippen LogP contribution >= 0.6 is 11.3 Å². The standard InChI is InChI=1S/C16H24N2O2S/c19-15(17-9-4-13-6-11-21-12-13)18-14-5-10-20-16(14)7-2-1-3-8-16/h6,11-12,14H,1-5,7-10H2,(H2,17,18,19). The summed E-state index contributed by atoms with van der Waals surface area (Å²) < 4.78 is 6.02. The molecule has 5 heteroatoms. The molecule has 2 N–H and O–H groups in total. The lowest BCUT2D eigenvalue weighted by Gasteiger charge is -2.38. The first-order chi connectivity index (χ1) is 10.3. The summed E-state index contributed by atoms with van der Waals surface area (Å²) in [5.41, 5.74) is 1.21. The Morgan fingerprint density at radius 3 is 3.00 bits per heavy atom. The Kier molecular flexibility index (Phi) is 4.80. The number of hydrogen-bond acceptors (Lipinski definition) is 3. The summed E-state index contributed by atoms with van der Waals surface area (Å²) >= 11 is 1.69. The molecule has 1 aromatic rings. The Bertz CT molecular complexity index is 455. The molecule has 1 aliphatic heterocycles. The maximum atomic E-state index is 12.1. The predicted octanol–water partition coefficient (Wildman–Crippen LogP) is 3.08. The third-order valence-electron chi connectivity index (χ3n) is 4.72. The highest BCUT2D eigenvalue weighted by molar-refractivity contribution is 7.07. The van der Waals surface area contributed by atoms with Gasteiger partial charge in [0, 0.05) is 13.2 Å². The third kappa shape index (κ3) is 3.58. The number of amides is 2. The van der Waals surface area contributed by atoms with Crippen molar-refractivity contribution in [1.82, 2.24) is 10.6 Å². The molecule has 0 bridgehead atoms. The van der Waals surface area contributed by atoms with Crippen molar-refractivity contribution in [3.63, 3.8) is 0 Å². The SMILES string of the molecule is O=C(NCCc1ccsc1)NC1CCOC12CCCCC2. The molecule has 1 saturated carbocycles. The van der Waals surface area contributed by atoms with Crippen LogP contribution in [0.3, 0.4) is 0 Å². The van der Waals surface area contributed by atoms with Crippen LogP contribution in [0.2, 0.25) is 0 Å². The van der Waals surface area contributed by atoms with E-state index in [0.717, 1.165) is 32.3 Å². The molecule has 0 radical (unpaired) electrons. The number of carbonyl (C=O) groups is 1. The first-order valence-corrected chi connectivity index (χ1v) is 8.92. The maximum absolute atomic E-state index is 12.1. The van der Waals surface area contributed by atoms with Gasteiger partial charge in [-0.2, -0.15) is 11.3 Å². The fraction of sp³-hybridized carbons (Fsp3) is 0.688. The zero-order valence-corrected chi connectivity index (χ0v) is 13.2. The number of nitrogens with one attached hydrogen (secondary N) is 2. The van der Waals surface area contributed by atoms with Crippen molar-refractivity contribution < 1.29 is 9.53 Å². The van der Waals surface area contributed by atoms with Crippen molar-refractivity contribution in [1.29, 1.82) is 0 Å². The lowest BCUT2D eigenvalue weighted by Crippen LogP contribution is -2.53. The van der Waals surface area contributed by atoms with E-state index in [2.05, 4.69) is 27.5 Å². The topological polar surface area (TPSA) is 50.4 Å². The molecule has 1 saturated heterocycles. The lowest BCUT2D eigenvalue weighted by molar-refractivity contribution is -0.0367. The van der Waals surface area contributed by atoms with Gasteiger partial charge in [-0.15, -0.1) is 0 Å². The van der Waals surface area contributed by atoms with E-state index in [0.29, 0.717) is 6.54 Å². The van der Waals surface area contributed by atoms with Gasteiger partial charge in [0.2, 0.25) is 0 Å². The summed E-state index contributed by atoms with van der Waals surface area (Å²) in [6, 6.07) is 2.23. The van der Waals surface area contributed by atoms with E-state index in [4.69, 9.17) is 4.74 Å². The van der Waals surface area contributed by atoms with E-state index in [-0.39, 0.29) is 17.7 Å². The van der Waals surface area contributed by atoms with Crippen molar-refractivity contribution in [2.24, 2.45) is 0 Å². The van der Waals surface area contributed by atoms with Gasteiger partial charge in [-0.05, 0) is 48.1 Å². The Morgan fingerprint density at radius 2 is 2.24 bits per heavy atom.